The molecule has 3 rings (SSSR count). The zero-order valence-corrected chi connectivity index (χ0v) is 22.4. The molecule has 0 saturated carbocycles. The molecular formula is C26H46O11. The highest BCUT2D eigenvalue weighted by molar-refractivity contribution is 5.24. The Morgan fingerprint density at radius 2 is 1.49 bits per heavy atom. The van der Waals surface area contributed by atoms with E-state index in [9.17, 15) is 35.7 Å². The predicted molar refractivity (Wildman–Crippen MR) is 131 cm³/mol. The number of rotatable bonds is 9. The van der Waals surface area contributed by atoms with Gasteiger partial charge in [-0.2, -0.15) is 0 Å². The molecule has 0 radical (unpaired) electrons. The van der Waals surface area contributed by atoms with Gasteiger partial charge in [0.25, 0.3) is 0 Å². The van der Waals surface area contributed by atoms with Crippen LogP contribution in [-0.2, 0) is 18.9 Å². The van der Waals surface area contributed by atoms with Crippen LogP contribution in [-0.4, -0.2) is 116 Å². The fourth-order valence-corrected chi connectivity index (χ4v) is 5.85. The Balaban J connectivity index is 1.58. The number of hydrogen-bond acceptors (Lipinski definition) is 11. The third-order valence-corrected chi connectivity index (χ3v) is 8.17. The van der Waals surface area contributed by atoms with E-state index in [0.29, 0.717) is 19.3 Å². The van der Waals surface area contributed by atoms with Crippen LogP contribution >= 0.6 is 0 Å². The van der Waals surface area contributed by atoms with Gasteiger partial charge in [0, 0.05) is 5.92 Å². The van der Waals surface area contributed by atoms with E-state index >= 15 is 0 Å². The lowest BCUT2D eigenvalue weighted by atomic mass is 9.70. The zero-order valence-electron chi connectivity index (χ0n) is 22.4. The van der Waals surface area contributed by atoms with Crippen molar-refractivity contribution in [2.45, 2.75) is 128 Å². The summed E-state index contributed by atoms with van der Waals surface area (Å²) < 4.78 is 23.1. The summed E-state index contributed by atoms with van der Waals surface area (Å²) in [7, 11) is 0. The van der Waals surface area contributed by atoms with Crippen molar-refractivity contribution in [3.63, 3.8) is 0 Å². The Morgan fingerprint density at radius 1 is 0.892 bits per heavy atom. The first-order valence-corrected chi connectivity index (χ1v) is 13.2. The summed E-state index contributed by atoms with van der Waals surface area (Å²) >= 11 is 0. The Morgan fingerprint density at radius 3 is 2.08 bits per heavy atom. The molecule has 0 amide bonds. The second-order valence-electron chi connectivity index (χ2n) is 11.6. The van der Waals surface area contributed by atoms with Gasteiger partial charge in [0.1, 0.15) is 36.6 Å². The Kier molecular flexibility index (Phi) is 10.5. The largest absolute Gasteiger partial charge is 0.394 e. The highest BCUT2D eigenvalue weighted by atomic mass is 16.7. The van der Waals surface area contributed by atoms with E-state index in [-0.39, 0.29) is 24.2 Å². The van der Waals surface area contributed by atoms with Crippen LogP contribution in [0.25, 0.3) is 0 Å². The molecule has 2 saturated heterocycles. The molecular weight excluding hydrogens is 488 g/mol. The molecule has 0 unspecified atom stereocenters. The van der Waals surface area contributed by atoms with Gasteiger partial charge in [0.2, 0.25) is 0 Å². The number of hydrogen-bond donors (Lipinski definition) is 7. The Labute approximate surface area is 218 Å². The van der Waals surface area contributed by atoms with Gasteiger partial charge < -0.3 is 54.7 Å². The van der Waals surface area contributed by atoms with E-state index in [1.54, 1.807) is 6.92 Å². The van der Waals surface area contributed by atoms with E-state index in [4.69, 9.17) is 18.9 Å². The summed E-state index contributed by atoms with van der Waals surface area (Å²) in [5.74, 6) is -0.495. The molecule has 216 valence electrons. The zero-order chi connectivity index (χ0) is 27.7. The highest BCUT2D eigenvalue weighted by Gasteiger charge is 2.46. The molecule has 7 N–H and O–H groups in total. The van der Waals surface area contributed by atoms with Crippen molar-refractivity contribution in [1.82, 2.24) is 0 Å². The average molecular weight is 535 g/mol. The van der Waals surface area contributed by atoms with Gasteiger partial charge in [0.05, 0.1) is 31.5 Å². The van der Waals surface area contributed by atoms with Crippen LogP contribution in [0.4, 0.5) is 0 Å². The summed E-state index contributed by atoms with van der Waals surface area (Å²) in [5, 5.41) is 69.8. The topological polar surface area (TPSA) is 179 Å². The summed E-state index contributed by atoms with van der Waals surface area (Å²) in [6, 6.07) is 0. The molecule has 2 fully saturated rings. The molecule has 0 bridgehead atoms. The van der Waals surface area contributed by atoms with Gasteiger partial charge in [0.15, 0.2) is 12.6 Å². The van der Waals surface area contributed by atoms with E-state index in [1.165, 1.54) is 11.1 Å². The van der Waals surface area contributed by atoms with Crippen LogP contribution in [0.1, 0.15) is 60.3 Å². The predicted octanol–water partition coefficient (Wildman–Crippen LogP) is -0.432. The Hall–Kier alpha value is -0.700. The van der Waals surface area contributed by atoms with Crippen molar-refractivity contribution < 1.29 is 54.7 Å². The maximum Gasteiger partial charge on any atom is 0.186 e. The van der Waals surface area contributed by atoms with Crippen molar-refractivity contribution in [3.8, 4) is 0 Å². The van der Waals surface area contributed by atoms with E-state index in [2.05, 4.69) is 20.8 Å². The lowest BCUT2D eigenvalue weighted by molar-refractivity contribution is -0.310. The number of aliphatic hydroxyl groups excluding tert-OH is 7. The van der Waals surface area contributed by atoms with Gasteiger partial charge in [-0.05, 0) is 44.9 Å². The standard InChI is InChI=1S/C26H46O11/c1-12-8-15(35-24-20(30)14(3)19(29)17(10-27)36-24)9-26(4,5)16(12)7-6-13(2)34-25-23(33)22(32)21(31)18(11-28)37-25/h13-15,17-25,27-33H,6-11H2,1-5H3/t13-,14-,15+,17+,18+,19-,20+,21+,22-,23+,24+,25+/m0/s1. The van der Waals surface area contributed by atoms with Crippen molar-refractivity contribution >= 4 is 0 Å². The van der Waals surface area contributed by atoms with Crippen molar-refractivity contribution in [3.05, 3.63) is 11.1 Å². The van der Waals surface area contributed by atoms with Gasteiger partial charge >= 0.3 is 0 Å². The van der Waals surface area contributed by atoms with Crippen LogP contribution in [0.2, 0.25) is 0 Å². The minimum absolute atomic E-state index is 0.206. The molecule has 3 aliphatic rings. The summed E-state index contributed by atoms with van der Waals surface area (Å²) in [6.07, 6.45) is -8.09. The van der Waals surface area contributed by atoms with Crippen LogP contribution in [0, 0.1) is 11.3 Å². The van der Waals surface area contributed by atoms with E-state index in [0.717, 1.165) is 6.42 Å². The fraction of sp³-hybridized carbons (Fsp3) is 0.923. The minimum Gasteiger partial charge on any atom is -0.394 e. The molecule has 11 heteroatoms. The molecule has 0 aromatic carbocycles. The first-order chi connectivity index (χ1) is 17.3. The first kappa shape index (κ1) is 30.8. The molecule has 0 spiro atoms. The number of aliphatic hydroxyl groups is 7. The Bertz CT molecular complexity index is 770. The molecule has 1 aliphatic carbocycles. The molecule has 12 atom stereocenters. The van der Waals surface area contributed by atoms with Crippen LogP contribution in [0.5, 0.6) is 0 Å². The lowest BCUT2D eigenvalue weighted by Gasteiger charge is -2.45. The van der Waals surface area contributed by atoms with Gasteiger partial charge in [-0.1, -0.05) is 31.9 Å². The molecule has 2 heterocycles. The number of allylic oxidation sites excluding steroid dienone is 1. The van der Waals surface area contributed by atoms with Crippen LogP contribution in [0.3, 0.4) is 0 Å². The second kappa shape index (κ2) is 12.6. The molecule has 0 aromatic heterocycles. The first-order valence-electron chi connectivity index (χ1n) is 13.2. The summed E-state index contributed by atoms with van der Waals surface area (Å²) in [4.78, 5) is 0. The maximum absolute atomic E-state index is 10.6. The SMILES string of the molecule is CC1=C(CC[C@H](C)O[C@@H]2O[C@H](CO)[C@@H](O)[C@H](O)[C@H]2O)C(C)(C)C[C@H](O[C@@H]2O[C@H](CO)[C@@H](O)[C@H](C)[C@H]2O)C1. The molecule has 37 heavy (non-hydrogen) atoms. The summed E-state index contributed by atoms with van der Waals surface area (Å²) in [6.45, 7) is 8.99. The monoisotopic (exact) mass is 534 g/mol. The quantitative estimate of drug-likeness (QED) is 0.191. The van der Waals surface area contributed by atoms with Crippen molar-refractivity contribution in [2.75, 3.05) is 13.2 Å². The second-order valence-corrected chi connectivity index (χ2v) is 11.6. The van der Waals surface area contributed by atoms with Gasteiger partial charge in [-0.3, -0.25) is 0 Å². The maximum atomic E-state index is 10.6. The number of ether oxygens (including phenoxy) is 4. The third kappa shape index (κ3) is 6.90. The van der Waals surface area contributed by atoms with Gasteiger partial charge in [-0.15, -0.1) is 0 Å². The van der Waals surface area contributed by atoms with Gasteiger partial charge in [-0.25, -0.2) is 0 Å². The lowest BCUT2D eigenvalue weighted by Crippen LogP contribution is -2.59. The minimum atomic E-state index is -1.48. The summed E-state index contributed by atoms with van der Waals surface area (Å²) in [5.41, 5.74) is 2.22. The van der Waals surface area contributed by atoms with E-state index < -0.39 is 67.8 Å². The van der Waals surface area contributed by atoms with Crippen LogP contribution < -0.4 is 0 Å². The van der Waals surface area contributed by atoms with E-state index in [1.807, 2.05) is 6.92 Å². The van der Waals surface area contributed by atoms with Crippen molar-refractivity contribution in [1.29, 1.82) is 0 Å². The average Bonchev–Trinajstić information content (AvgIpc) is 2.83. The highest BCUT2D eigenvalue weighted by Crippen LogP contribution is 2.44. The molecule has 11 nitrogen and oxygen atoms in total. The fourth-order valence-electron chi connectivity index (χ4n) is 5.85. The van der Waals surface area contributed by atoms with Crippen molar-refractivity contribution in [2.24, 2.45) is 11.3 Å². The normalized spacial score (nSPS) is 43.6. The molecule has 2 aliphatic heterocycles. The smallest absolute Gasteiger partial charge is 0.186 e. The third-order valence-electron chi connectivity index (χ3n) is 8.17. The molecule has 0 aromatic rings. The van der Waals surface area contributed by atoms with Crippen LogP contribution in [0.15, 0.2) is 11.1 Å².